The zero-order valence-corrected chi connectivity index (χ0v) is 30.3. The van der Waals surface area contributed by atoms with Crippen molar-refractivity contribution in [3.8, 4) is 45.9 Å². The lowest BCUT2D eigenvalue weighted by Crippen LogP contribution is -2.00. The van der Waals surface area contributed by atoms with Gasteiger partial charge in [0, 0.05) is 41.8 Å². The minimum Gasteiger partial charge on any atom is -0.494 e. The third kappa shape index (κ3) is 8.24. The molecule has 8 nitrogen and oxygen atoms in total. The molecule has 4 heterocycles. The van der Waals surface area contributed by atoms with Gasteiger partial charge in [0.2, 0.25) is 0 Å². The Bertz CT molecular complexity index is 2260. The van der Waals surface area contributed by atoms with Gasteiger partial charge in [-0.3, -0.25) is 19.1 Å². The molecular formula is C43H37ClF2N6O2. The summed E-state index contributed by atoms with van der Waals surface area (Å²) in [5.74, 6) is 2.90. The Morgan fingerprint density at radius 2 is 1.04 bits per heavy atom. The molecule has 0 fully saturated rings. The third-order valence-corrected chi connectivity index (χ3v) is 8.79. The lowest BCUT2D eigenvalue weighted by atomic mass is 10.2. The number of hydrogen-bond donors (Lipinski definition) is 0. The maximum Gasteiger partial charge on any atom is 0.164 e. The van der Waals surface area contributed by atoms with Crippen LogP contribution in [0.5, 0.6) is 11.5 Å². The van der Waals surface area contributed by atoms with Crippen LogP contribution in [0.1, 0.15) is 26.2 Å². The minimum absolute atomic E-state index is 0.306. The SMILES string of the molecule is CCCCOc1ccc(-n2c(-c3ccccn3)nc3cc(F)ccc32)cc1.Fc1ccc2c(c1)nc(-c1ccccn1)n2-c1ccc(OCCCCl)cc1. The van der Waals surface area contributed by atoms with Gasteiger partial charge in [-0.25, -0.2) is 18.7 Å². The van der Waals surface area contributed by atoms with E-state index in [1.807, 2.05) is 94.1 Å². The van der Waals surface area contributed by atoms with Gasteiger partial charge in [0.05, 0.1) is 35.3 Å². The molecule has 0 saturated heterocycles. The van der Waals surface area contributed by atoms with Crippen molar-refractivity contribution in [1.29, 1.82) is 0 Å². The molecule has 11 heteroatoms. The van der Waals surface area contributed by atoms with Gasteiger partial charge in [0.25, 0.3) is 0 Å². The monoisotopic (exact) mass is 742 g/mol. The molecule has 4 aromatic carbocycles. The lowest BCUT2D eigenvalue weighted by Gasteiger charge is -2.11. The van der Waals surface area contributed by atoms with Crippen molar-refractivity contribution in [2.45, 2.75) is 26.2 Å². The second kappa shape index (κ2) is 17.1. The molecule has 0 N–H and O–H groups in total. The van der Waals surface area contributed by atoms with E-state index in [2.05, 4.69) is 26.9 Å². The second-order valence-electron chi connectivity index (χ2n) is 12.3. The van der Waals surface area contributed by atoms with E-state index < -0.39 is 0 Å². The molecule has 8 aromatic rings. The normalized spacial score (nSPS) is 11.0. The molecule has 0 aliphatic heterocycles. The summed E-state index contributed by atoms with van der Waals surface area (Å²) in [5.41, 5.74) is 6.09. The van der Waals surface area contributed by atoms with Crippen molar-refractivity contribution >= 4 is 33.7 Å². The summed E-state index contributed by atoms with van der Waals surface area (Å²) in [4.78, 5) is 18.1. The molecule has 0 saturated carbocycles. The lowest BCUT2D eigenvalue weighted by molar-refractivity contribution is 0.309. The van der Waals surface area contributed by atoms with E-state index in [0.29, 0.717) is 41.8 Å². The van der Waals surface area contributed by atoms with Gasteiger partial charge >= 0.3 is 0 Å². The van der Waals surface area contributed by atoms with Crippen LogP contribution >= 0.6 is 11.6 Å². The summed E-state index contributed by atoms with van der Waals surface area (Å²) in [5, 5.41) is 0. The van der Waals surface area contributed by atoms with Crippen LogP contribution in [0, 0.1) is 11.6 Å². The highest BCUT2D eigenvalue weighted by atomic mass is 35.5. The van der Waals surface area contributed by atoms with Crippen LogP contribution in [0.25, 0.3) is 56.5 Å². The summed E-state index contributed by atoms with van der Waals surface area (Å²) in [7, 11) is 0. The van der Waals surface area contributed by atoms with Crippen LogP contribution in [-0.4, -0.2) is 48.2 Å². The van der Waals surface area contributed by atoms with E-state index in [1.54, 1.807) is 24.5 Å². The Morgan fingerprint density at radius 3 is 1.44 bits per heavy atom. The number of pyridine rings is 2. The first kappa shape index (κ1) is 36.2. The number of hydrogen-bond acceptors (Lipinski definition) is 6. The van der Waals surface area contributed by atoms with Crippen molar-refractivity contribution in [3.63, 3.8) is 0 Å². The first-order valence-electron chi connectivity index (χ1n) is 17.7. The number of nitrogens with zero attached hydrogens (tertiary/aromatic N) is 6. The molecule has 4 aromatic heterocycles. The number of unbranched alkanes of at least 4 members (excludes halogenated alkanes) is 1. The molecule has 8 rings (SSSR count). The van der Waals surface area contributed by atoms with E-state index in [0.717, 1.165) is 64.6 Å². The van der Waals surface area contributed by atoms with Crippen LogP contribution in [0.3, 0.4) is 0 Å². The molecule has 0 aliphatic carbocycles. The molecule has 0 bridgehead atoms. The number of benzene rings is 4. The van der Waals surface area contributed by atoms with Crippen LogP contribution in [-0.2, 0) is 0 Å². The van der Waals surface area contributed by atoms with Crippen molar-refractivity contribution in [2.24, 2.45) is 0 Å². The van der Waals surface area contributed by atoms with Crippen molar-refractivity contribution in [1.82, 2.24) is 29.1 Å². The van der Waals surface area contributed by atoms with Crippen LogP contribution in [0.4, 0.5) is 8.78 Å². The molecule has 0 spiro atoms. The summed E-state index contributed by atoms with van der Waals surface area (Å²) in [6.45, 7) is 3.43. The molecule has 0 amide bonds. The highest BCUT2D eigenvalue weighted by molar-refractivity contribution is 6.17. The van der Waals surface area contributed by atoms with E-state index in [1.165, 1.54) is 24.3 Å². The maximum atomic E-state index is 13.7. The predicted octanol–water partition coefficient (Wildman–Crippen LogP) is 10.6. The average Bonchev–Trinajstić information content (AvgIpc) is 3.78. The third-order valence-electron chi connectivity index (χ3n) is 8.52. The van der Waals surface area contributed by atoms with Crippen LogP contribution < -0.4 is 9.47 Å². The molecule has 0 atom stereocenters. The summed E-state index contributed by atoms with van der Waals surface area (Å²) in [6.07, 6.45) is 6.37. The first-order chi connectivity index (χ1) is 26.5. The second-order valence-corrected chi connectivity index (χ2v) is 12.7. The van der Waals surface area contributed by atoms with E-state index in [-0.39, 0.29) is 11.6 Å². The van der Waals surface area contributed by atoms with Crippen molar-refractivity contribution in [2.75, 3.05) is 19.1 Å². The van der Waals surface area contributed by atoms with Gasteiger partial charge in [0.1, 0.15) is 34.5 Å². The highest BCUT2D eigenvalue weighted by Crippen LogP contribution is 2.30. The fourth-order valence-electron chi connectivity index (χ4n) is 5.93. The minimum atomic E-state index is -0.317. The number of fused-ring (bicyclic) bond motifs is 2. The number of aromatic nitrogens is 6. The Hall–Kier alpha value is -6.13. The van der Waals surface area contributed by atoms with Gasteiger partial charge in [0.15, 0.2) is 11.6 Å². The first-order valence-corrected chi connectivity index (χ1v) is 18.3. The molecule has 0 radical (unpaired) electrons. The molecular weight excluding hydrogens is 706 g/mol. The topological polar surface area (TPSA) is 79.9 Å². The zero-order chi connectivity index (χ0) is 37.3. The molecule has 54 heavy (non-hydrogen) atoms. The van der Waals surface area contributed by atoms with Gasteiger partial charge in [-0.15, -0.1) is 11.6 Å². The van der Waals surface area contributed by atoms with Crippen molar-refractivity contribution in [3.05, 3.63) is 145 Å². The molecule has 272 valence electrons. The zero-order valence-electron chi connectivity index (χ0n) is 29.6. The fraction of sp³-hybridized carbons (Fsp3) is 0.163. The molecule has 0 unspecified atom stereocenters. The number of halogens is 3. The number of imidazole rings is 2. The largest absolute Gasteiger partial charge is 0.494 e. The van der Waals surface area contributed by atoms with E-state index >= 15 is 0 Å². The Balaban J connectivity index is 0.000000167. The Labute approximate surface area is 316 Å². The number of ether oxygens (including phenoxy) is 2. The summed E-state index contributed by atoms with van der Waals surface area (Å²) in [6, 6.07) is 36.1. The Morgan fingerprint density at radius 1 is 0.574 bits per heavy atom. The van der Waals surface area contributed by atoms with Crippen molar-refractivity contribution < 1.29 is 18.3 Å². The highest BCUT2D eigenvalue weighted by Gasteiger charge is 2.17. The Kier molecular flexibility index (Phi) is 11.5. The standard InChI is InChI=1S/C22H20FN3O.C21H17ClFN3O/c1-2-3-14-27-18-10-8-17(9-11-18)26-21-12-7-16(23)15-20(21)25-22(26)19-6-4-5-13-24-19;22-11-3-13-27-17-8-6-16(7-9-17)26-20-10-5-15(23)14-19(20)25-21(26)18-4-1-2-12-24-18/h4-13,15H,2-3,14H2,1H3;1-2,4-10,12,14H,3,11,13H2. The number of alkyl halides is 1. The predicted molar refractivity (Wildman–Crippen MR) is 210 cm³/mol. The maximum absolute atomic E-state index is 13.7. The van der Waals surface area contributed by atoms with E-state index in [4.69, 9.17) is 21.1 Å². The van der Waals surface area contributed by atoms with Gasteiger partial charge < -0.3 is 9.47 Å². The smallest absolute Gasteiger partial charge is 0.164 e. The molecule has 0 aliphatic rings. The van der Waals surface area contributed by atoms with Crippen LogP contribution in [0.2, 0.25) is 0 Å². The number of rotatable bonds is 12. The fourth-order valence-corrected chi connectivity index (χ4v) is 6.03. The summed E-state index contributed by atoms with van der Waals surface area (Å²) >= 11 is 5.68. The quantitative estimate of drug-likeness (QED) is 0.0916. The van der Waals surface area contributed by atoms with Gasteiger partial charge in [-0.1, -0.05) is 25.5 Å². The van der Waals surface area contributed by atoms with Crippen LogP contribution in [0.15, 0.2) is 134 Å². The van der Waals surface area contributed by atoms with Gasteiger partial charge in [-0.2, -0.15) is 0 Å². The summed E-state index contributed by atoms with van der Waals surface area (Å²) < 4.78 is 42.8. The van der Waals surface area contributed by atoms with E-state index in [9.17, 15) is 8.78 Å². The van der Waals surface area contributed by atoms with Gasteiger partial charge in [-0.05, 0) is 110 Å². The average molecular weight is 743 g/mol.